The van der Waals surface area contributed by atoms with Crippen LogP contribution in [-0.2, 0) is 19.3 Å². The van der Waals surface area contributed by atoms with E-state index in [0.717, 1.165) is 47.8 Å². The summed E-state index contributed by atoms with van der Waals surface area (Å²) in [5.41, 5.74) is 14.9. The van der Waals surface area contributed by atoms with Gasteiger partial charge in [-0.1, -0.05) is 109 Å². The molecule has 7 aromatic carbocycles. The Labute approximate surface area is 281 Å². The minimum Gasteiger partial charge on any atom is -0.453 e. The molecule has 0 atom stereocenters. The Balaban J connectivity index is 0.925. The third kappa shape index (κ3) is 5.20. The van der Waals surface area contributed by atoms with Crippen molar-refractivity contribution in [3.63, 3.8) is 0 Å². The van der Waals surface area contributed by atoms with Gasteiger partial charge in [0.1, 0.15) is 0 Å². The fraction of sp³-hybridized carbons (Fsp3) is 0.0667. The molecule has 2 aliphatic rings. The number of nitrogens with zero attached hydrogens (tertiary/aromatic N) is 2. The summed E-state index contributed by atoms with van der Waals surface area (Å²) in [6, 6.07) is 61.0. The molecule has 2 aliphatic heterocycles. The van der Waals surface area contributed by atoms with Gasteiger partial charge in [0.2, 0.25) is 0 Å². The van der Waals surface area contributed by atoms with E-state index in [0.29, 0.717) is 0 Å². The zero-order chi connectivity index (χ0) is 31.9. The van der Waals surface area contributed by atoms with Gasteiger partial charge in [0.05, 0.1) is 11.4 Å². The van der Waals surface area contributed by atoms with Crippen LogP contribution in [0, 0.1) is 0 Å². The highest BCUT2D eigenvalue weighted by Gasteiger charge is 2.25. The van der Waals surface area contributed by atoms with Crippen LogP contribution in [0.2, 0.25) is 0 Å². The molecule has 0 saturated carbocycles. The maximum atomic E-state index is 6.20. The summed E-state index contributed by atoms with van der Waals surface area (Å²) in [6.07, 6.45) is 2.76. The molecule has 0 bridgehead atoms. The zero-order valence-corrected chi connectivity index (χ0v) is 26.6. The first-order valence-corrected chi connectivity index (χ1v) is 16.6. The topological polar surface area (TPSA) is 15.7 Å². The molecule has 0 fully saturated rings. The van der Waals surface area contributed by atoms with Crippen LogP contribution in [0.1, 0.15) is 33.4 Å². The monoisotopic (exact) mass is 618 g/mol. The van der Waals surface area contributed by atoms with E-state index in [9.17, 15) is 0 Å². The Hall–Kier alpha value is -6.06. The predicted molar refractivity (Wildman–Crippen MR) is 197 cm³/mol. The lowest BCUT2D eigenvalue weighted by Crippen LogP contribution is -2.18. The quantitative estimate of drug-likeness (QED) is 0.184. The Bertz CT molecular complexity index is 2010. The normalized spacial score (nSPS) is 12.8. The molecule has 7 aromatic rings. The summed E-state index contributed by atoms with van der Waals surface area (Å²) < 4.78 is 6.20. The van der Waals surface area contributed by atoms with Gasteiger partial charge in [0.25, 0.3) is 0 Å². The Morgan fingerprint density at radius 3 is 1.29 bits per heavy atom. The van der Waals surface area contributed by atoms with Crippen molar-refractivity contribution in [1.29, 1.82) is 0 Å². The van der Waals surface area contributed by atoms with Crippen molar-refractivity contribution in [3.8, 4) is 11.5 Å². The molecule has 0 aromatic heterocycles. The SMILES string of the molecule is c1cc(Cc2ccc(N3c4ccccc4Cc4ccccc43)cc2)cc(Cc2ccc(N3c4ccccc4Oc4ccccc43)cc2)c1. The molecular formula is C45H34N2O. The van der Waals surface area contributed by atoms with E-state index < -0.39 is 0 Å². The molecule has 0 saturated heterocycles. The van der Waals surface area contributed by atoms with Crippen molar-refractivity contribution < 1.29 is 4.74 Å². The maximum Gasteiger partial charge on any atom is 0.151 e. The third-order valence-electron chi connectivity index (χ3n) is 9.48. The lowest BCUT2D eigenvalue weighted by Gasteiger charge is -2.33. The largest absolute Gasteiger partial charge is 0.453 e. The summed E-state index contributed by atoms with van der Waals surface area (Å²) in [4.78, 5) is 4.69. The van der Waals surface area contributed by atoms with Gasteiger partial charge < -0.3 is 14.5 Å². The number of ether oxygens (including phenoxy) is 1. The summed E-state index contributed by atoms with van der Waals surface area (Å²) in [5.74, 6) is 1.74. The standard InChI is InChI=1S/C45H34N2O/c1-3-14-40-36(12-1)31-37-13-2-4-15-41(37)46(40)38-24-20-32(21-25-38)28-34-10-9-11-35(30-34)29-33-22-26-39(27-23-33)47-42-16-5-7-18-44(42)48-45-19-8-6-17-43(45)47/h1-27,30H,28-29,31H2. The molecule has 3 nitrogen and oxygen atoms in total. The second-order valence-corrected chi connectivity index (χ2v) is 12.6. The molecule has 2 heterocycles. The van der Waals surface area contributed by atoms with Gasteiger partial charge in [-0.3, -0.25) is 0 Å². The molecule has 0 N–H and O–H groups in total. The van der Waals surface area contributed by atoms with Crippen molar-refractivity contribution in [2.45, 2.75) is 19.3 Å². The van der Waals surface area contributed by atoms with Crippen LogP contribution in [0.5, 0.6) is 11.5 Å². The molecule has 0 amide bonds. The van der Waals surface area contributed by atoms with Gasteiger partial charge in [-0.15, -0.1) is 0 Å². The third-order valence-corrected chi connectivity index (χ3v) is 9.48. The highest BCUT2D eigenvalue weighted by Crippen LogP contribution is 2.50. The van der Waals surface area contributed by atoms with Crippen LogP contribution in [0.4, 0.5) is 34.1 Å². The minimum absolute atomic E-state index is 0.869. The van der Waals surface area contributed by atoms with Gasteiger partial charge in [-0.05, 0) is 107 Å². The Morgan fingerprint density at radius 1 is 0.375 bits per heavy atom. The molecule has 0 aliphatic carbocycles. The molecule has 9 rings (SSSR count). The summed E-state index contributed by atoms with van der Waals surface area (Å²) in [5, 5.41) is 0. The van der Waals surface area contributed by atoms with Gasteiger partial charge in [-0.2, -0.15) is 0 Å². The van der Waals surface area contributed by atoms with Gasteiger partial charge in [-0.25, -0.2) is 0 Å². The first-order valence-electron chi connectivity index (χ1n) is 16.6. The molecule has 3 heteroatoms. The summed E-state index contributed by atoms with van der Waals surface area (Å²) in [6.45, 7) is 0. The second-order valence-electron chi connectivity index (χ2n) is 12.6. The molecule has 0 radical (unpaired) electrons. The van der Waals surface area contributed by atoms with Gasteiger partial charge in [0.15, 0.2) is 11.5 Å². The Morgan fingerprint density at radius 2 is 0.792 bits per heavy atom. The first kappa shape index (κ1) is 28.2. The summed E-state index contributed by atoms with van der Waals surface area (Å²) in [7, 11) is 0. The maximum absolute atomic E-state index is 6.20. The number of anilines is 6. The van der Waals surface area contributed by atoms with Crippen molar-refractivity contribution in [2.75, 3.05) is 9.80 Å². The number of hydrogen-bond donors (Lipinski definition) is 0. The van der Waals surface area contributed by atoms with Crippen LogP contribution < -0.4 is 14.5 Å². The van der Waals surface area contributed by atoms with Gasteiger partial charge in [0, 0.05) is 29.2 Å². The molecule has 48 heavy (non-hydrogen) atoms. The molecule has 0 unspecified atom stereocenters. The number of hydrogen-bond acceptors (Lipinski definition) is 3. The second kappa shape index (κ2) is 11.9. The number of fused-ring (bicyclic) bond motifs is 4. The van der Waals surface area contributed by atoms with E-state index >= 15 is 0 Å². The highest BCUT2D eigenvalue weighted by molar-refractivity contribution is 5.86. The van der Waals surface area contributed by atoms with E-state index in [1.54, 1.807) is 0 Å². The number of para-hydroxylation sites is 6. The van der Waals surface area contributed by atoms with E-state index in [4.69, 9.17) is 4.74 Å². The lowest BCUT2D eigenvalue weighted by molar-refractivity contribution is 0.477. The summed E-state index contributed by atoms with van der Waals surface area (Å²) >= 11 is 0. The van der Waals surface area contributed by atoms with E-state index in [-0.39, 0.29) is 0 Å². The van der Waals surface area contributed by atoms with Crippen molar-refractivity contribution in [2.24, 2.45) is 0 Å². The van der Waals surface area contributed by atoms with Gasteiger partial charge >= 0.3 is 0 Å². The highest BCUT2D eigenvalue weighted by atomic mass is 16.5. The fourth-order valence-corrected chi connectivity index (χ4v) is 7.20. The van der Waals surface area contributed by atoms with Crippen LogP contribution in [0.3, 0.4) is 0 Å². The van der Waals surface area contributed by atoms with Crippen molar-refractivity contribution in [3.05, 3.63) is 203 Å². The number of rotatable bonds is 6. The van der Waals surface area contributed by atoms with Crippen LogP contribution in [0.25, 0.3) is 0 Å². The molecule has 0 spiro atoms. The first-order chi connectivity index (χ1) is 23.8. The molecule has 230 valence electrons. The average Bonchev–Trinajstić information content (AvgIpc) is 3.14. The van der Waals surface area contributed by atoms with Crippen molar-refractivity contribution in [1.82, 2.24) is 0 Å². The van der Waals surface area contributed by atoms with E-state index in [2.05, 4.69) is 155 Å². The van der Waals surface area contributed by atoms with Crippen LogP contribution in [0.15, 0.2) is 170 Å². The molecular weight excluding hydrogens is 585 g/mol. The smallest absolute Gasteiger partial charge is 0.151 e. The van der Waals surface area contributed by atoms with Crippen molar-refractivity contribution >= 4 is 34.1 Å². The van der Waals surface area contributed by atoms with Crippen LogP contribution in [-0.4, -0.2) is 0 Å². The van der Waals surface area contributed by atoms with Crippen LogP contribution >= 0.6 is 0 Å². The number of benzene rings is 7. The zero-order valence-electron chi connectivity index (χ0n) is 26.6. The average molecular weight is 619 g/mol. The van der Waals surface area contributed by atoms with E-state index in [1.807, 2.05) is 24.3 Å². The Kier molecular flexibility index (Phi) is 7.01. The predicted octanol–water partition coefficient (Wildman–Crippen LogP) is 11.8. The van der Waals surface area contributed by atoms with E-state index in [1.165, 1.54) is 50.4 Å². The lowest BCUT2D eigenvalue weighted by atomic mass is 9.94. The fourth-order valence-electron chi connectivity index (χ4n) is 7.20. The minimum atomic E-state index is 0.869.